The zero-order valence-electron chi connectivity index (χ0n) is 13.6. The summed E-state index contributed by atoms with van der Waals surface area (Å²) < 4.78 is 5.58. The van der Waals surface area contributed by atoms with Crippen molar-refractivity contribution in [1.82, 2.24) is 20.2 Å². The molecule has 1 saturated heterocycles. The number of para-hydroxylation sites is 1. The highest BCUT2D eigenvalue weighted by Crippen LogP contribution is 2.35. The van der Waals surface area contributed by atoms with E-state index in [2.05, 4.69) is 15.3 Å². The van der Waals surface area contributed by atoms with Crippen LogP contribution in [0.3, 0.4) is 0 Å². The van der Waals surface area contributed by atoms with Gasteiger partial charge in [-0.1, -0.05) is 18.2 Å². The van der Waals surface area contributed by atoms with Gasteiger partial charge in [0.1, 0.15) is 5.75 Å². The molecule has 0 radical (unpaired) electrons. The van der Waals surface area contributed by atoms with Crippen LogP contribution in [0.4, 0.5) is 0 Å². The lowest BCUT2D eigenvalue weighted by Gasteiger charge is -2.44. The number of aromatic amines is 1. The first kappa shape index (κ1) is 15.2. The summed E-state index contributed by atoms with van der Waals surface area (Å²) >= 11 is 0. The molecule has 1 spiro atoms. The Morgan fingerprint density at radius 3 is 2.83 bits per heavy atom. The minimum Gasteiger partial charge on any atom is -0.484 e. The van der Waals surface area contributed by atoms with Gasteiger partial charge in [0.15, 0.2) is 6.61 Å². The van der Waals surface area contributed by atoms with Crippen LogP contribution in [0.5, 0.6) is 5.75 Å². The lowest BCUT2D eigenvalue weighted by molar-refractivity contribution is -0.135. The summed E-state index contributed by atoms with van der Waals surface area (Å²) in [5.41, 5.74) is 2.30. The number of imidazole rings is 1. The van der Waals surface area contributed by atoms with Crippen molar-refractivity contribution in [3.8, 4) is 5.75 Å². The molecule has 2 aromatic rings. The van der Waals surface area contributed by atoms with Crippen molar-refractivity contribution in [2.24, 2.45) is 0 Å². The molecule has 3 heterocycles. The highest BCUT2D eigenvalue weighted by molar-refractivity contribution is 5.78. The Balaban J connectivity index is 1.36. The van der Waals surface area contributed by atoms with Gasteiger partial charge in [-0.15, -0.1) is 0 Å². The summed E-state index contributed by atoms with van der Waals surface area (Å²) in [5, 5.41) is 3.64. The lowest BCUT2D eigenvalue weighted by atomic mass is 9.81. The normalized spacial score (nSPS) is 19.1. The quantitative estimate of drug-likeness (QED) is 0.896. The van der Waals surface area contributed by atoms with E-state index in [1.165, 1.54) is 5.69 Å². The number of rotatable bonds is 3. The highest BCUT2D eigenvalue weighted by atomic mass is 16.5. The number of likely N-dealkylation sites (tertiary alicyclic amines) is 1. The number of hydrogen-bond donors (Lipinski definition) is 2. The number of amides is 1. The summed E-state index contributed by atoms with van der Waals surface area (Å²) in [4.78, 5) is 22.1. The third kappa shape index (κ3) is 2.78. The summed E-state index contributed by atoms with van der Waals surface area (Å²) in [6, 6.07) is 9.47. The molecule has 6 heteroatoms. The van der Waals surface area contributed by atoms with E-state index in [0.29, 0.717) is 0 Å². The van der Waals surface area contributed by atoms with Crippen molar-refractivity contribution in [1.29, 1.82) is 0 Å². The second kappa shape index (κ2) is 6.28. The molecule has 0 unspecified atom stereocenters. The van der Waals surface area contributed by atoms with E-state index in [1.807, 2.05) is 35.2 Å². The fraction of sp³-hybridized carbons (Fsp3) is 0.444. The van der Waals surface area contributed by atoms with E-state index in [-0.39, 0.29) is 18.1 Å². The summed E-state index contributed by atoms with van der Waals surface area (Å²) in [6.07, 6.45) is 4.55. The number of nitrogens with one attached hydrogen (secondary N) is 2. The Morgan fingerprint density at radius 2 is 2.04 bits per heavy atom. The van der Waals surface area contributed by atoms with Crippen LogP contribution in [0.1, 0.15) is 24.2 Å². The van der Waals surface area contributed by atoms with Gasteiger partial charge in [-0.05, 0) is 25.0 Å². The molecule has 0 bridgehead atoms. The number of ether oxygens (including phenoxy) is 1. The van der Waals surface area contributed by atoms with Crippen molar-refractivity contribution in [2.75, 3.05) is 26.2 Å². The Hall–Kier alpha value is -2.34. The van der Waals surface area contributed by atoms with Gasteiger partial charge in [0.25, 0.3) is 5.91 Å². The topological polar surface area (TPSA) is 70.2 Å². The van der Waals surface area contributed by atoms with Gasteiger partial charge < -0.3 is 19.9 Å². The fourth-order valence-electron chi connectivity index (χ4n) is 3.74. The standard InChI is InChI=1S/C18H22N4O2/c23-16(12-24-14-4-2-1-3-5-14)22-10-7-18(8-11-22)17-15(6-9-21-18)19-13-20-17/h1-5,13,21H,6-12H2,(H,19,20). The number of carbonyl (C=O) groups excluding carboxylic acids is 1. The maximum absolute atomic E-state index is 12.4. The Bertz CT molecular complexity index is 705. The number of hydrogen-bond acceptors (Lipinski definition) is 4. The first-order valence-electron chi connectivity index (χ1n) is 8.50. The molecule has 2 aliphatic heterocycles. The van der Waals surface area contributed by atoms with Gasteiger partial charge in [-0.2, -0.15) is 0 Å². The smallest absolute Gasteiger partial charge is 0.260 e. The van der Waals surface area contributed by atoms with Crippen LogP contribution in [0.15, 0.2) is 36.7 Å². The third-order valence-corrected chi connectivity index (χ3v) is 5.09. The van der Waals surface area contributed by atoms with Gasteiger partial charge in [0.05, 0.1) is 17.6 Å². The van der Waals surface area contributed by atoms with Gasteiger partial charge in [-0.25, -0.2) is 4.98 Å². The van der Waals surface area contributed by atoms with Crippen LogP contribution in [-0.2, 0) is 16.8 Å². The average molecular weight is 326 g/mol. The molecular weight excluding hydrogens is 304 g/mol. The predicted molar refractivity (Wildman–Crippen MR) is 89.7 cm³/mol. The molecule has 6 nitrogen and oxygen atoms in total. The van der Waals surface area contributed by atoms with E-state index < -0.39 is 0 Å². The van der Waals surface area contributed by atoms with E-state index in [4.69, 9.17) is 4.74 Å². The highest BCUT2D eigenvalue weighted by Gasteiger charge is 2.41. The monoisotopic (exact) mass is 326 g/mol. The Labute approximate surface area is 141 Å². The van der Waals surface area contributed by atoms with Crippen LogP contribution >= 0.6 is 0 Å². The maximum Gasteiger partial charge on any atom is 0.260 e. The van der Waals surface area contributed by atoms with E-state index >= 15 is 0 Å². The molecule has 1 amide bonds. The Kier molecular flexibility index (Phi) is 3.98. The maximum atomic E-state index is 12.4. The van der Waals surface area contributed by atoms with Gasteiger partial charge in [-0.3, -0.25) is 4.79 Å². The Morgan fingerprint density at radius 1 is 1.25 bits per heavy atom. The van der Waals surface area contributed by atoms with Crippen molar-refractivity contribution in [3.63, 3.8) is 0 Å². The van der Waals surface area contributed by atoms with Crippen molar-refractivity contribution in [3.05, 3.63) is 48.0 Å². The number of piperidine rings is 1. The summed E-state index contributed by atoms with van der Waals surface area (Å²) in [6.45, 7) is 2.52. The molecule has 1 aromatic carbocycles. The van der Waals surface area contributed by atoms with Gasteiger partial charge >= 0.3 is 0 Å². The zero-order chi connectivity index (χ0) is 16.4. The van der Waals surface area contributed by atoms with Gasteiger partial charge in [0.2, 0.25) is 0 Å². The molecule has 1 aromatic heterocycles. The van der Waals surface area contributed by atoms with Crippen LogP contribution in [0.2, 0.25) is 0 Å². The van der Waals surface area contributed by atoms with E-state index in [9.17, 15) is 4.79 Å². The molecule has 1 fully saturated rings. The first-order valence-corrected chi connectivity index (χ1v) is 8.50. The number of H-pyrrole nitrogens is 1. The minimum absolute atomic E-state index is 0.0479. The van der Waals surface area contributed by atoms with Crippen LogP contribution in [0, 0.1) is 0 Å². The zero-order valence-corrected chi connectivity index (χ0v) is 13.6. The third-order valence-electron chi connectivity index (χ3n) is 5.09. The molecule has 0 atom stereocenters. The largest absolute Gasteiger partial charge is 0.484 e. The van der Waals surface area contributed by atoms with Crippen LogP contribution in [-0.4, -0.2) is 47.0 Å². The number of carbonyl (C=O) groups is 1. The number of fused-ring (bicyclic) bond motifs is 2. The molecule has 4 rings (SSSR count). The van der Waals surface area contributed by atoms with Crippen molar-refractivity contribution in [2.45, 2.75) is 24.8 Å². The second-order valence-corrected chi connectivity index (χ2v) is 6.47. The summed E-state index contributed by atoms with van der Waals surface area (Å²) in [5.74, 6) is 0.779. The van der Waals surface area contributed by atoms with Crippen molar-refractivity contribution < 1.29 is 9.53 Å². The molecule has 126 valence electrons. The first-order chi connectivity index (χ1) is 11.8. The van der Waals surface area contributed by atoms with Crippen LogP contribution < -0.4 is 10.1 Å². The molecule has 24 heavy (non-hydrogen) atoms. The van der Waals surface area contributed by atoms with E-state index in [0.717, 1.165) is 50.3 Å². The number of nitrogens with zero attached hydrogens (tertiary/aromatic N) is 2. The molecule has 2 N–H and O–H groups in total. The molecular formula is C18H22N4O2. The SMILES string of the molecule is O=C(COc1ccccc1)N1CCC2(CC1)NCCc1[nH]cnc12. The summed E-state index contributed by atoms with van der Waals surface area (Å²) in [7, 11) is 0. The minimum atomic E-state index is -0.0787. The lowest BCUT2D eigenvalue weighted by Crippen LogP contribution is -2.55. The van der Waals surface area contributed by atoms with Crippen LogP contribution in [0.25, 0.3) is 0 Å². The van der Waals surface area contributed by atoms with Crippen molar-refractivity contribution >= 4 is 5.91 Å². The molecule has 2 aliphatic rings. The number of benzene rings is 1. The average Bonchev–Trinajstić information content (AvgIpc) is 3.12. The van der Waals surface area contributed by atoms with E-state index in [1.54, 1.807) is 6.33 Å². The molecule has 0 aliphatic carbocycles. The number of aromatic nitrogens is 2. The predicted octanol–water partition coefficient (Wildman–Crippen LogP) is 1.45. The second-order valence-electron chi connectivity index (χ2n) is 6.47. The van der Waals surface area contributed by atoms with Gasteiger partial charge in [0, 0.05) is 31.7 Å². The molecule has 0 saturated carbocycles. The fourth-order valence-corrected chi connectivity index (χ4v) is 3.74.